The summed E-state index contributed by atoms with van der Waals surface area (Å²) in [6, 6.07) is 3.68. The molecule has 1 N–H and O–H groups in total. The molecule has 20 heavy (non-hydrogen) atoms. The van der Waals surface area contributed by atoms with Gasteiger partial charge in [-0.3, -0.25) is 4.79 Å². The lowest BCUT2D eigenvalue weighted by Gasteiger charge is -2.08. The average Bonchev–Trinajstić information content (AvgIpc) is 2.95. The lowest BCUT2D eigenvalue weighted by atomic mass is 10.4. The molecule has 3 heterocycles. The third-order valence-corrected chi connectivity index (χ3v) is 3.06. The van der Waals surface area contributed by atoms with Crippen molar-refractivity contribution < 1.29 is 0 Å². The van der Waals surface area contributed by atoms with Gasteiger partial charge in [0.2, 0.25) is 0 Å². The van der Waals surface area contributed by atoms with Crippen molar-refractivity contribution >= 4 is 11.5 Å². The number of anilines is 1. The molecule has 0 bridgehead atoms. The van der Waals surface area contributed by atoms with Gasteiger partial charge >= 0.3 is 0 Å². The Morgan fingerprint density at radius 2 is 2.10 bits per heavy atom. The van der Waals surface area contributed by atoms with Crippen molar-refractivity contribution in [3.8, 4) is 0 Å². The lowest BCUT2D eigenvalue weighted by Crippen LogP contribution is -2.24. The van der Waals surface area contributed by atoms with Crippen molar-refractivity contribution in [2.75, 3.05) is 5.32 Å². The Balaban J connectivity index is 1.87. The van der Waals surface area contributed by atoms with E-state index in [1.807, 2.05) is 19.1 Å². The number of hydrogen-bond donors (Lipinski definition) is 1. The van der Waals surface area contributed by atoms with Crippen LogP contribution in [0.15, 0.2) is 41.7 Å². The number of aryl methyl sites for hydroxylation is 1. The number of aromatic nitrogens is 5. The van der Waals surface area contributed by atoms with E-state index >= 15 is 0 Å². The summed E-state index contributed by atoms with van der Waals surface area (Å²) in [5, 5.41) is 7.25. The van der Waals surface area contributed by atoms with Crippen molar-refractivity contribution in [2.24, 2.45) is 0 Å². The van der Waals surface area contributed by atoms with Gasteiger partial charge in [-0.25, -0.2) is 14.5 Å². The number of hydrogen-bond acceptors (Lipinski definition) is 5. The normalized spacial score (nSPS) is 10.8. The topological polar surface area (TPSA) is 77.1 Å². The van der Waals surface area contributed by atoms with Gasteiger partial charge in [-0.2, -0.15) is 5.10 Å². The average molecular weight is 270 g/mol. The van der Waals surface area contributed by atoms with E-state index in [0.717, 1.165) is 11.3 Å². The fraction of sp³-hybridized carbons (Fsp3) is 0.231. The summed E-state index contributed by atoms with van der Waals surface area (Å²) in [5.74, 6) is 0.339. The van der Waals surface area contributed by atoms with Crippen LogP contribution in [0.1, 0.15) is 12.6 Å². The Labute approximate surface area is 114 Å². The van der Waals surface area contributed by atoms with Crippen LogP contribution in [0.5, 0.6) is 0 Å². The number of nitrogens with zero attached hydrogens (tertiary/aromatic N) is 5. The fourth-order valence-corrected chi connectivity index (χ4v) is 2.01. The summed E-state index contributed by atoms with van der Waals surface area (Å²) >= 11 is 0. The SMILES string of the molecule is CCn1ccnc(NCc2ccnc3ccnn23)c1=O. The van der Waals surface area contributed by atoms with Crippen LogP contribution in [0.2, 0.25) is 0 Å². The van der Waals surface area contributed by atoms with Gasteiger partial charge in [0.05, 0.1) is 18.4 Å². The summed E-state index contributed by atoms with van der Waals surface area (Å²) in [4.78, 5) is 20.3. The van der Waals surface area contributed by atoms with E-state index in [-0.39, 0.29) is 5.56 Å². The first-order valence-electron chi connectivity index (χ1n) is 6.36. The van der Waals surface area contributed by atoms with Crippen LogP contribution >= 0.6 is 0 Å². The number of fused-ring (bicyclic) bond motifs is 1. The first kappa shape index (κ1) is 12.3. The molecule has 7 nitrogen and oxygen atoms in total. The second-order valence-electron chi connectivity index (χ2n) is 4.26. The molecule has 102 valence electrons. The molecule has 3 aromatic rings. The van der Waals surface area contributed by atoms with E-state index in [1.165, 1.54) is 0 Å². The Bertz CT molecular complexity index is 791. The largest absolute Gasteiger partial charge is 0.360 e. The summed E-state index contributed by atoms with van der Waals surface area (Å²) in [7, 11) is 0. The Hall–Kier alpha value is -2.70. The lowest BCUT2D eigenvalue weighted by molar-refractivity contribution is 0.717. The molecule has 0 spiro atoms. The second kappa shape index (κ2) is 5.12. The zero-order chi connectivity index (χ0) is 13.9. The zero-order valence-electron chi connectivity index (χ0n) is 11.0. The highest BCUT2D eigenvalue weighted by Gasteiger charge is 2.06. The van der Waals surface area contributed by atoms with Crippen LogP contribution in [0.4, 0.5) is 5.82 Å². The second-order valence-corrected chi connectivity index (χ2v) is 4.26. The number of rotatable bonds is 4. The predicted molar refractivity (Wildman–Crippen MR) is 74.5 cm³/mol. The van der Waals surface area contributed by atoms with E-state index in [2.05, 4.69) is 20.4 Å². The highest BCUT2D eigenvalue weighted by molar-refractivity contribution is 5.38. The molecular weight excluding hydrogens is 256 g/mol. The molecule has 0 saturated carbocycles. The van der Waals surface area contributed by atoms with Gasteiger partial charge in [-0.1, -0.05) is 0 Å². The van der Waals surface area contributed by atoms with Crippen molar-refractivity contribution in [2.45, 2.75) is 20.0 Å². The maximum Gasteiger partial charge on any atom is 0.293 e. The quantitative estimate of drug-likeness (QED) is 0.762. The minimum atomic E-state index is -0.124. The molecule has 0 aliphatic heterocycles. The van der Waals surface area contributed by atoms with Gasteiger partial charge in [0.15, 0.2) is 11.5 Å². The minimum Gasteiger partial charge on any atom is -0.360 e. The van der Waals surface area contributed by atoms with Gasteiger partial charge < -0.3 is 9.88 Å². The van der Waals surface area contributed by atoms with E-state index in [0.29, 0.717) is 18.9 Å². The summed E-state index contributed by atoms with van der Waals surface area (Å²) in [5.41, 5.74) is 1.56. The maximum atomic E-state index is 12.0. The molecule has 0 atom stereocenters. The third-order valence-electron chi connectivity index (χ3n) is 3.06. The van der Waals surface area contributed by atoms with Crippen molar-refractivity contribution in [1.82, 2.24) is 24.1 Å². The van der Waals surface area contributed by atoms with Crippen LogP contribution in [0.3, 0.4) is 0 Å². The highest BCUT2D eigenvalue weighted by atomic mass is 16.1. The van der Waals surface area contributed by atoms with Gasteiger partial charge in [0.1, 0.15) is 0 Å². The van der Waals surface area contributed by atoms with Crippen LogP contribution in [0, 0.1) is 0 Å². The molecule has 3 rings (SSSR count). The molecule has 7 heteroatoms. The molecule has 0 amide bonds. The third kappa shape index (κ3) is 2.13. The molecular formula is C13H14N6O. The summed E-state index contributed by atoms with van der Waals surface area (Å²) in [6.45, 7) is 2.99. The zero-order valence-corrected chi connectivity index (χ0v) is 11.0. The van der Waals surface area contributed by atoms with Gasteiger partial charge in [0, 0.05) is 31.2 Å². The van der Waals surface area contributed by atoms with Gasteiger partial charge in [-0.05, 0) is 13.0 Å². The first-order valence-corrected chi connectivity index (χ1v) is 6.36. The molecule has 0 aromatic carbocycles. The fourth-order valence-electron chi connectivity index (χ4n) is 2.01. The monoisotopic (exact) mass is 270 g/mol. The van der Waals surface area contributed by atoms with E-state index in [9.17, 15) is 4.79 Å². The highest BCUT2D eigenvalue weighted by Crippen LogP contribution is 2.05. The Morgan fingerprint density at radius 1 is 1.20 bits per heavy atom. The Kier molecular flexibility index (Phi) is 3.16. The molecule has 0 unspecified atom stereocenters. The van der Waals surface area contributed by atoms with Gasteiger partial charge in [0.25, 0.3) is 5.56 Å². The van der Waals surface area contributed by atoms with E-state index in [1.54, 1.807) is 33.9 Å². The van der Waals surface area contributed by atoms with Crippen LogP contribution in [-0.4, -0.2) is 24.1 Å². The molecule has 0 radical (unpaired) electrons. The van der Waals surface area contributed by atoms with E-state index < -0.39 is 0 Å². The predicted octanol–water partition coefficient (Wildman–Crippen LogP) is 0.918. The van der Waals surface area contributed by atoms with Crippen LogP contribution < -0.4 is 10.9 Å². The van der Waals surface area contributed by atoms with Crippen molar-refractivity contribution in [3.63, 3.8) is 0 Å². The van der Waals surface area contributed by atoms with Gasteiger partial charge in [-0.15, -0.1) is 0 Å². The first-order chi connectivity index (χ1) is 9.79. The van der Waals surface area contributed by atoms with Crippen molar-refractivity contribution in [3.05, 3.63) is 53.0 Å². The standard InChI is InChI=1S/C13H14N6O/c1-2-18-8-7-15-12(13(18)20)16-9-10-3-5-14-11-4-6-17-19(10)11/h3-8H,2,9H2,1H3,(H,15,16). The minimum absolute atomic E-state index is 0.124. The number of nitrogens with one attached hydrogen (secondary N) is 1. The van der Waals surface area contributed by atoms with Crippen LogP contribution in [-0.2, 0) is 13.1 Å². The molecule has 0 aliphatic rings. The molecule has 0 saturated heterocycles. The molecule has 0 fully saturated rings. The smallest absolute Gasteiger partial charge is 0.293 e. The molecule has 0 aliphatic carbocycles. The summed E-state index contributed by atoms with van der Waals surface area (Å²) < 4.78 is 3.33. The molecule has 3 aromatic heterocycles. The van der Waals surface area contributed by atoms with E-state index in [4.69, 9.17) is 0 Å². The maximum absolute atomic E-state index is 12.0. The summed E-state index contributed by atoms with van der Waals surface area (Å²) in [6.07, 6.45) is 6.70. The van der Waals surface area contributed by atoms with Crippen LogP contribution in [0.25, 0.3) is 5.65 Å². The Morgan fingerprint density at radius 3 is 2.95 bits per heavy atom. The van der Waals surface area contributed by atoms with Crippen molar-refractivity contribution in [1.29, 1.82) is 0 Å².